The molecule has 88 valence electrons. The number of methoxy groups -OCH3 is 1. The van der Waals surface area contributed by atoms with Crippen molar-refractivity contribution in [2.75, 3.05) is 7.11 Å². The molecule has 1 aromatic carbocycles. The molecule has 0 saturated carbocycles. The number of rotatable bonds is 3. The Hall–Kier alpha value is -1.62. The van der Waals surface area contributed by atoms with Crippen molar-refractivity contribution in [2.24, 2.45) is 0 Å². The zero-order chi connectivity index (χ0) is 12.4. The number of carbonyl (C=O) groups is 3. The van der Waals surface area contributed by atoms with Crippen LogP contribution in [-0.2, 0) is 20.7 Å². The zero-order valence-electron chi connectivity index (χ0n) is 9.19. The second-order valence-electron chi connectivity index (χ2n) is 3.65. The molecular formula is C12H10O4S. The Kier molecular flexibility index (Phi) is 3.28. The highest BCUT2D eigenvalue weighted by molar-refractivity contribution is 8.14. The van der Waals surface area contributed by atoms with E-state index in [4.69, 9.17) is 0 Å². The van der Waals surface area contributed by atoms with Gasteiger partial charge in [-0.25, -0.2) is 0 Å². The molecule has 0 radical (unpaired) electrons. The van der Waals surface area contributed by atoms with Crippen LogP contribution in [0.1, 0.15) is 22.3 Å². The summed E-state index contributed by atoms with van der Waals surface area (Å²) in [6.45, 7) is 0. The van der Waals surface area contributed by atoms with Crippen molar-refractivity contribution >= 4 is 28.6 Å². The van der Waals surface area contributed by atoms with E-state index in [0.29, 0.717) is 12.0 Å². The first-order chi connectivity index (χ1) is 8.10. The molecule has 0 atom stereocenters. The lowest BCUT2D eigenvalue weighted by atomic mass is 10.1. The van der Waals surface area contributed by atoms with Gasteiger partial charge in [0.15, 0.2) is 10.9 Å². The van der Waals surface area contributed by atoms with Crippen LogP contribution in [0.3, 0.4) is 0 Å². The highest BCUT2D eigenvalue weighted by atomic mass is 32.2. The molecule has 0 amide bonds. The Morgan fingerprint density at radius 3 is 2.88 bits per heavy atom. The number of esters is 1. The molecule has 0 fully saturated rings. The second kappa shape index (κ2) is 4.71. The molecule has 0 aromatic heterocycles. The summed E-state index contributed by atoms with van der Waals surface area (Å²) in [7, 11) is 1.24. The van der Waals surface area contributed by atoms with Gasteiger partial charge in [0.1, 0.15) is 6.42 Å². The minimum atomic E-state index is -0.556. The average molecular weight is 250 g/mol. The van der Waals surface area contributed by atoms with Gasteiger partial charge in [0.2, 0.25) is 0 Å². The number of hydrogen-bond donors (Lipinski definition) is 0. The molecular weight excluding hydrogens is 240 g/mol. The molecule has 5 heteroatoms. The summed E-state index contributed by atoms with van der Waals surface area (Å²) in [4.78, 5) is 34.7. The van der Waals surface area contributed by atoms with Crippen molar-refractivity contribution < 1.29 is 19.1 Å². The van der Waals surface area contributed by atoms with E-state index in [9.17, 15) is 14.4 Å². The third-order valence-electron chi connectivity index (χ3n) is 2.48. The predicted molar refractivity (Wildman–Crippen MR) is 62.0 cm³/mol. The third kappa shape index (κ3) is 2.55. The highest BCUT2D eigenvalue weighted by Gasteiger charge is 2.21. The second-order valence-corrected chi connectivity index (χ2v) is 4.75. The summed E-state index contributed by atoms with van der Waals surface area (Å²) >= 11 is 1.14. The summed E-state index contributed by atoms with van der Waals surface area (Å²) in [6.07, 6.45) is 0.138. The summed E-state index contributed by atoms with van der Waals surface area (Å²) < 4.78 is 4.43. The standard InChI is InChI=1S/C12H10O4S/c1-16-11(14)6-9(13)7-2-3-8-5-12(15)17-10(8)4-7/h2-4H,5-6H2,1H3. The van der Waals surface area contributed by atoms with Gasteiger partial charge in [-0.1, -0.05) is 23.9 Å². The predicted octanol–water partition coefficient (Wildman–Crippen LogP) is 1.61. The van der Waals surface area contributed by atoms with Crippen LogP contribution in [0.4, 0.5) is 0 Å². The first-order valence-electron chi connectivity index (χ1n) is 5.04. The van der Waals surface area contributed by atoms with Gasteiger partial charge in [-0.15, -0.1) is 0 Å². The van der Waals surface area contributed by atoms with Crippen molar-refractivity contribution in [3.05, 3.63) is 29.3 Å². The van der Waals surface area contributed by atoms with Crippen LogP contribution in [0, 0.1) is 0 Å². The maximum Gasteiger partial charge on any atom is 0.313 e. The smallest absolute Gasteiger partial charge is 0.313 e. The summed E-state index contributed by atoms with van der Waals surface area (Å²) in [5.74, 6) is -0.848. The number of ketones is 1. The van der Waals surface area contributed by atoms with Gasteiger partial charge in [0, 0.05) is 16.9 Å². The molecule has 0 unspecified atom stereocenters. The first kappa shape index (κ1) is 11.9. The Morgan fingerprint density at radius 1 is 1.41 bits per heavy atom. The molecule has 17 heavy (non-hydrogen) atoms. The normalized spacial score (nSPS) is 13.4. The number of Topliss-reactive ketones (excluding diaryl/α,β-unsaturated/α-hetero) is 1. The van der Waals surface area contributed by atoms with Crippen LogP contribution in [0.5, 0.6) is 0 Å². The fraction of sp³-hybridized carbons (Fsp3) is 0.250. The van der Waals surface area contributed by atoms with E-state index in [2.05, 4.69) is 4.74 Å². The van der Waals surface area contributed by atoms with Gasteiger partial charge in [-0.3, -0.25) is 14.4 Å². The molecule has 2 rings (SSSR count). The lowest BCUT2D eigenvalue weighted by molar-refractivity contribution is -0.139. The number of carbonyl (C=O) groups excluding carboxylic acids is 3. The fourth-order valence-electron chi connectivity index (χ4n) is 1.59. The molecule has 0 N–H and O–H groups in total. The van der Waals surface area contributed by atoms with E-state index in [-0.39, 0.29) is 17.3 Å². The number of thioether (sulfide) groups is 1. The van der Waals surface area contributed by atoms with E-state index in [1.165, 1.54) is 7.11 Å². The van der Waals surface area contributed by atoms with Crippen LogP contribution >= 0.6 is 11.8 Å². The number of benzene rings is 1. The zero-order valence-corrected chi connectivity index (χ0v) is 10.0. The lowest BCUT2D eigenvalue weighted by Gasteiger charge is -2.02. The Balaban J connectivity index is 2.18. The van der Waals surface area contributed by atoms with Gasteiger partial charge in [0.25, 0.3) is 0 Å². The van der Waals surface area contributed by atoms with E-state index in [1.807, 2.05) is 0 Å². The summed E-state index contributed by atoms with van der Waals surface area (Å²) in [5, 5.41) is 0.0811. The van der Waals surface area contributed by atoms with Crippen LogP contribution in [0.2, 0.25) is 0 Å². The highest BCUT2D eigenvalue weighted by Crippen LogP contribution is 2.33. The third-order valence-corrected chi connectivity index (χ3v) is 3.45. The maximum atomic E-state index is 11.7. The number of hydrogen-bond acceptors (Lipinski definition) is 5. The Bertz CT molecular complexity index is 507. The molecule has 4 nitrogen and oxygen atoms in total. The minimum absolute atomic E-state index is 0.0811. The summed E-state index contributed by atoms with van der Waals surface area (Å²) in [5.41, 5.74) is 1.38. The van der Waals surface area contributed by atoms with Gasteiger partial charge in [0.05, 0.1) is 7.11 Å². The molecule has 1 aliphatic heterocycles. The van der Waals surface area contributed by atoms with Gasteiger partial charge in [-0.05, 0) is 11.6 Å². The first-order valence-corrected chi connectivity index (χ1v) is 5.85. The SMILES string of the molecule is COC(=O)CC(=O)c1ccc2c(c1)SC(=O)C2. The van der Waals surface area contributed by atoms with E-state index >= 15 is 0 Å². The number of ether oxygens (including phenoxy) is 1. The molecule has 0 saturated heterocycles. The fourth-order valence-corrected chi connectivity index (χ4v) is 2.52. The van der Waals surface area contributed by atoms with Crippen molar-refractivity contribution in [2.45, 2.75) is 17.7 Å². The quantitative estimate of drug-likeness (QED) is 0.463. The maximum absolute atomic E-state index is 11.7. The van der Waals surface area contributed by atoms with Crippen molar-refractivity contribution in [3.8, 4) is 0 Å². The minimum Gasteiger partial charge on any atom is -0.469 e. The molecule has 0 aliphatic carbocycles. The molecule has 1 aliphatic rings. The van der Waals surface area contributed by atoms with Crippen LogP contribution in [-0.4, -0.2) is 24.0 Å². The topological polar surface area (TPSA) is 60.4 Å². The van der Waals surface area contributed by atoms with E-state index < -0.39 is 5.97 Å². The van der Waals surface area contributed by atoms with Gasteiger partial charge in [-0.2, -0.15) is 0 Å². The van der Waals surface area contributed by atoms with Crippen LogP contribution in [0.25, 0.3) is 0 Å². The van der Waals surface area contributed by atoms with E-state index in [0.717, 1.165) is 22.2 Å². The van der Waals surface area contributed by atoms with Gasteiger partial charge >= 0.3 is 5.97 Å². The van der Waals surface area contributed by atoms with E-state index in [1.54, 1.807) is 18.2 Å². The molecule has 1 aromatic rings. The monoisotopic (exact) mass is 250 g/mol. The van der Waals surface area contributed by atoms with Crippen LogP contribution < -0.4 is 0 Å². The number of fused-ring (bicyclic) bond motifs is 1. The molecule has 0 bridgehead atoms. The average Bonchev–Trinajstić information content (AvgIpc) is 2.67. The van der Waals surface area contributed by atoms with Crippen molar-refractivity contribution in [3.63, 3.8) is 0 Å². The summed E-state index contributed by atoms with van der Waals surface area (Å²) in [6, 6.07) is 5.07. The molecule has 0 spiro atoms. The van der Waals surface area contributed by atoms with Crippen LogP contribution in [0.15, 0.2) is 23.1 Å². The Labute approximate surface area is 102 Å². The molecule has 1 heterocycles. The van der Waals surface area contributed by atoms with Crippen molar-refractivity contribution in [1.82, 2.24) is 0 Å². The van der Waals surface area contributed by atoms with Gasteiger partial charge < -0.3 is 4.74 Å². The largest absolute Gasteiger partial charge is 0.469 e. The van der Waals surface area contributed by atoms with Crippen molar-refractivity contribution in [1.29, 1.82) is 0 Å². The lowest BCUT2D eigenvalue weighted by Crippen LogP contribution is -2.09. The Morgan fingerprint density at radius 2 is 2.18 bits per heavy atom.